The lowest BCUT2D eigenvalue weighted by Gasteiger charge is -2.47. The van der Waals surface area contributed by atoms with E-state index < -0.39 is 0 Å². The number of hydrogen-bond acceptors (Lipinski definition) is 3. The van der Waals surface area contributed by atoms with E-state index in [0.717, 1.165) is 32.0 Å². The van der Waals surface area contributed by atoms with Crippen LogP contribution in [0.15, 0.2) is 24.3 Å². The summed E-state index contributed by atoms with van der Waals surface area (Å²) in [7, 11) is 0. The molecule has 3 heteroatoms. The van der Waals surface area contributed by atoms with Crippen molar-refractivity contribution in [2.45, 2.75) is 44.6 Å². The van der Waals surface area contributed by atoms with Gasteiger partial charge >= 0.3 is 0 Å². The highest BCUT2D eigenvalue weighted by molar-refractivity contribution is 5.50. The molecule has 3 nitrogen and oxygen atoms in total. The molecule has 0 atom stereocenters. The smallest absolute Gasteiger partial charge is 0.119 e. The Morgan fingerprint density at radius 3 is 2.60 bits per heavy atom. The Labute approximate surface area is 122 Å². The fourth-order valence-corrected chi connectivity index (χ4v) is 3.66. The molecule has 0 amide bonds. The zero-order valence-electron chi connectivity index (χ0n) is 12.5. The van der Waals surface area contributed by atoms with Crippen LogP contribution in [-0.2, 0) is 0 Å². The fourth-order valence-electron chi connectivity index (χ4n) is 3.66. The van der Waals surface area contributed by atoms with Gasteiger partial charge in [0.1, 0.15) is 5.75 Å². The topological polar surface area (TPSA) is 24.5 Å². The van der Waals surface area contributed by atoms with Crippen LogP contribution in [0.4, 0.5) is 5.69 Å². The second kappa shape index (κ2) is 6.04. The van der Waals surface area contributed by atoms with Gasteiger partial charge in [0.2, 0.25) is 0 Å². The van der Waals surface area contributed by atoms with Crippen molar-refractivity contribution in [3.8, 4) is 5.75 Å². The maximum Gasteiger partial charge on any atom is 0.119 e. The summed E-state index contributed by atoms with van der Waals surface area (Å²) in [6.45, 7) is 6.12. The van der Waals surface area contributed by atoms with E-state index in [1.165, 1.54) is 37.8 Å². The normalized spacial score (nSPS) is 21.9. The average molecular weight is 274 g/mol. The van der Waals surface area contributed by atoms with Crippen LogP contribution in [0.25, 0.3) is 0 Å². The van der Waals surface area contributed by atoms with E-state index in [1.54, 1.807) is 0 Å². The second-order valence-corrected chi connectivity index (χ2v) is 6.12. The van der Waals surface area contributed by atoms with Crippen molar-refractivity contribution in [1.29, 1.82) is 0 Å². The van der Waals surface area contributed by atoms with Crippen molar-refractivity contribution < 1.29 is 4.74 Å². The first-order valence-electron chi connectivity index (χ1n) is 8.04. The first-order chi connectivity index (χ1) is 9.81. The maximum atomic E-state index is 5.53. The number of anilines is 1. The molecular formula is C17H26N2O. The third-order valence-corrected chi connectivity index (χ3v) is 4.70. The van der Waals surface area contributed by atoms with Gasteiger partial charge in [-0.15, -0.1) is 0 Å². The zero-order chi connectivity index (χ0) is 13.8. The van der Waals surface area contributed by atoms with Crippen molar-refractivity contribution in [3.63, 3.8) is 0 Å². The van der Waals surface area contributed by atoms with Crippen molar-refractivity contribution in [2.24, 2.45) is 0 Å². The molecule has 1 aliphatic heterocycles. The Bertz CT molecular complexity index is 418. The van der Waals surface area contributed by atoms with Crippen molar-refractivity contribution >= 4 is 5.69 Å². The number of ether oxygens (including phenoxy) is 1. The fraction of sp³-hybridized carbons (Fsp3) is 0.647. The largest absolute Gasteiger partial charge is 0.494 e. The predicted octanol–water partition coefficient (Wildman–Crippen LogP) is 3.20. The molecule has 3 rings (SSSR count). The number of nitrogens with zero attached hydrogens (tertiary/aromatic N) is 1. The molecule has 0 unspecified atom stereocenters. The van der Waals surface area contributed by atoms with Crippen molar-refractivity contribution in [3.05, 3.63) is 24.3 Å². The van der Waals surface area contributed by atoms with E-state index >= 15 is 0 Å². The molecule has 110 valence electrons. The summed E-state index contributed by atoms with van der Waals surface area (Å²) in [5.41, 5.74) is 1.70. The minimum atomic E-state index is 0.370. The summed E-state index contributed by atoms with van der Waals surface area (Å²) in [4.78, 5) is 2.54. The molecule has 1 aromatic rings. The minimum Gasteiger partial charge on any atom is -0.494 e. The SMILES string of the molecule is CCOc1ccc(N2CCNC3(CCCCC3)C2)cc1. The van der Waals surface area contributed by atoms with Gasteiger partial charge in [-0.1, -0.05) is 19.3 Å². The van der Waals surface area contributed by atoms with Gasteiger partial charge in [0.25, 0.3) is 0 Å². The molecular weight excluding hydrogens is 248 g/mol. The highest BCUT2D eigenvalue weighted by Gasteiger charge is 2.36. The van der Waals surface area contributed by atoms with Gasteiger partial charge in [0.05, 0.1) is 6.61 Å². The van der Waals surface area contributed by atoms with Gasteiger partial charge in [-0.25, -0.2) is 0 Å². The molecule has 20 heavy (non-hydrogen) atoms. The van der Waals surface area contributed by atoms with E-state index in [2.05, 4.69) is 34.5 Å². The Morgan fingerprint density at radius 2 is 1.90 bits per heavy atom. The van der Waals surface area contributed by atoms with Gasteiger partial charge < -0.3 is 15.0 Å². The van der Waals surface area contributed by atoms with Crippen LogP contribution >= 0.6 is 0 Å². The second-order valence-electron chi connectivity index (χ2n) is 6.12. The van der Waals surface area contributed by atoms with Crippen LogP contribution in [0.1, 0.15) is 39.0 Å². The Kier molecular flexibility index (Phi) is 4.16. The standard InChI is InChI=1S/C17H26N2O/c1-2-20-16-8-6-15(7-9-16)19-13-12-18-17(14-19)10-4-3-5-11-17/h6-9,18H,2-5,10-14H2,1H3. The molecule has 0 radical (unpaired) electrons. The Morgan fingerprint density at radius 1 is 1.15 bits per heavy atom. The Hall–Kier alpha value is -1.22. The summed E-state index contributed by atoms with van der Waals surface area (Å²) >= 11 is 0. The number of piperazine rings is 1. The molecule has 1 aliphatic carbocycles. The van der Waals surface area contributed by atoms with E-state index in [4.69, 9.17) is 4.74 Å². The molecule has 2 fully saturated rings. The summed E-state index contributed by atoms with van der Waals surface area (Å²) in [5, 5.41) is 3.80. The van der Waals surface area contributed by atoms with Gasteiger partial charge in [0, 0.05) is 30.9 Å². The monoisotopic (exact) mass is 274 g/mol. The van der Waals surface area contributed by atoms with E-state index in [0.29, 0.717) is 5.54 Å². The molecule has 0 aromatic heterocycles. The first kappa shape index (κ1) is 13.7. The highest BCUT2D eigenvalue weighted by atomic mass is 16.5. The maximum absolute atomic E-state index is 5.53. The third-order valence-electron chi connectivity index (χ3n) is 4.70. The summed E-state index contributed by atoms with van der Waals surface area (Å²) in [6, 6.07) is 8.59. The zero-order valence-corrected chi connectivity index (χ0v) is 12.5. The van der Waals surface area contributed by atoms with Crippen LogP contribution in [0.5, 0.6) is 5.75 Å². The molecule has 1 spiro atoms. The Balaban J connectivity index is 1.69. The van der Waals surface area contributed by atoms with Crippen molar-refractivity contribution in [2.75, 3.05) is 31.1 Å². The predicted molar refractivity (Wildman–Crippen MR) is 83.6 cm³/mol. The summed E-state index contributed by atoms with van der Waals surface area (Å²) < 4.78 is 5.53. The van der Waals surface area contributed by atoms with Gasteiger partial charge in [0.15, 0.2) is 0 Å². The molecule has 1 heterocycles. The van der Waals surface area contributed by atoms with Crippen LogP contribution in [0.3, 0.4) is 0 Å². The van der Waals surface area contributed by atoms with Crippen LogP contribution in [-0.4, -0.2) is 31.8 Å². The summed E-state index contributed by atoms with van der Waals surface area (Å²) in [5.74, 6) is 0.971. The van der Waals surface area contributed by atoms with Gasteiger partial charge in [-0.3, -0.25) is 0 Å². The molecule has 1 aromatic carbocycles. The highest BCUT2D eigenvalue weighted by Crippen LogP contribution is 2.32. The number of hydrogen-bond donors (Lipinski definition) is 1. The number of benzene rings is 1. The van der Waals surface area contributed by atoms with Crippen LogP contribution in [0.2, 0.25) is 0 Å². The van der Waals surface area contributed by atoms with E-state index in [9.17, 15) is 0 Å². The van der Waals surface area contributed by atoms with Gasteiger partial charge in [-0.2, -0.15) is 0 Å². The lowest BCUT2D eigenvalue weighted by Crippen LogP contribution is -2.61. The lowest BCUT2D eigenvalue weighted by molar-refractivity contribution is 0.216. The minimum absolute atomic E-state index is 0.370. The number of nitrogens with one attached hydrogen (secondary N) is 1. The molecule has 0 bridgehead atoms. The lowest BCUT2D eigenvalue weighted by atomic mass is 9.80. The molecule has 1 saturated carbocycles. The molecule has 2 aliphatic rings. The van der Waals surface area contributed by atoms with E-state index in [1.807, 2.05) is 6.92 Å². The van der Waals surface area contributed by atoms with E-state index in [-0.39, 0.29) is 0 Å². The van der Waals surface area contributed by atoms with Gasteiger partial charge in [-0.05, 0) is 44.0 Å². The quantitative estimate of drug-likeness (QED) is 0.916. The molecule has 1 N–H and O–H groups in total. The number of rotatable bonds is 3. The van der Waals surface area contributed by atoms with Crippen molar-refractivity contribution in [1.82, 2.24) is 5.32 Å². The average Bonchev–Trinajstić information content (AvgIpc) is 2.49. The third kappa shape index (κ3) is 2.93. The molecule has 1 saturated heterocycles. The van der Waals surface area contributed by atoms with Crippen LogP contribution < -0.4 is 15.0 Å². The van der Waals surface area contributed by atoms with Crippen LogP contribution in [0, 0.1) is 0 Å². The first-order valence-corrected chi connectivity index (χ1v) is 8.04. The summed E-state index contributed by atoms with van der Waals surface area (Å²) in [6.07, 6.45) is 6.84.